The largest absolute Gasteiger partial charge is 0.399 e. The van der Waals surface area contributed by atoms with Gasteiger partial charge in [0.25, 0.3) is 0 Å². The summed E-state index contributed by atoms with van der Waals surface area (Å²) in [7, 11) is 0. The number of halogens is 1. The van der Waals surface area contributed by atoms with Crippen molar-refractivity contribution in [3.05, 3.63) is 22.7 Å². The minimum Gasteiger partial charge on any atom is -0.399 e. The molecule has 1 nitrogen and oxygen atoms in total. The molecule has 0 radical (unpaired) electrons. The molecule has 0 bridgehead atoms. The van der Waals surface area contributed by atoms with Crippen LogP contribution < -0.4 is 5.73 Å². The van der Waals surface area contributed by atoms with Crippen molar-refractivity contribution < 1.29 is 0 Å². The number of nitrogen functional groups attached to an aromatic ring is 1. The van der Waals surface area contributed by atoms with Crippen molar-refractivity contribution in [2.45, 2.75) is 18.2 Å². The summed E-state index contributed by atoms with van der Waals surface area (Å²) in [5.41, 5.74) is 6.43. The van der Waals surface area contributed by atoms with Crippen LogP contribution in [0, 0.1) is 11.8 Å². The highest BCUT2D eigenvalue weighted by molar-refractivity contribution is 9.10. The normalized spacial score (nSPS) is 9.29. The van der Waals surface area contributed by atoms with Gasteiger partial charge in [0.05, 0.1) is 0 Å². The Morgan fingerprint density at radius 3 is 2.93 bits per heavy atom. The number of benzene rings is 1. The Labute approximate surface area is 97.6 Å². The second-order valence-electron chi connectivity index (χ2n) is 2.72. The molecule has 14 heavy (non-hydrogen) atoms. The quantitative estimate of drug-likeness (QED) is 0.393. The molecule has 0 unspecified atom stereocenters. The van der Waals surface area contributed by atoms with Gasteiger partial charge in [0.15, 0.2) is 0 Å². The van der Waals surface area contributed by atoms with E-state index in [0.29, 0.717) is 0 Å². The lowest BCUT2D eigenvalue weighted by atomic mass is 10.3. The molecule has 74 valence electrons. The van der Waals surface area contributed by atoms with Crippen LogP contribution in [0.3, 0.4) is 0 Å². The maximum atomic E-state index is 5.64. The molecule has 0 atom stereocenters. The van der Waals surface area contributed by atoms with Crippen LogP contribution in [0.2, 0.25) is 0 Å². The van der Waals surface area contributed by atoms with Crippen LogP contribution >= 0.6 is 27.7 Å². The van der Waals surface area contributed by atoms with E-state index >= 15 is 0 Å². The van der Waals surface area contributed by atoms with E-state index in [1.54, 1.807) is 11.8 Å². The number of anilines is 1. The molecule has 0 aromatic heterocycles. The van der Waals surface area contributed by atoms with Crippen LogP contribution in [0.5, 0.6) is 0 Å². The highest BCUT2D eigenvalue weighted by atomic mass is 79.9. The summed E-state index contributed by atoms with van der Waals surface area (Å²) in [6.45, 7) is 1.86. The molecule has 1 aromatic carbocycles. The van der Waals surface area contributed by atoms with Gasteiger partial charge in [-0.15, -0.1) is 23.6 Å². The first-order valence-corrected chi connectivity index (χ1v) is 6.09. The van der Waals surface area contributed by atoms with E-state index < -0.39 is 0 Å². The number of hydrogen-bond acceptors (Lipinski definition) is 2. The van der Waals surface area contributed by atoms with E-state index in [1.807, 2.05) is 25.1 Å². The van der Waals surface area contributed by atoms with Crippen molar-refractivity contribution in [1.82, 2.24) is 0 Å². The predicted octanol–water partition coefficient (Wildman–Crippen LogP) is 3.54. The number of rotatable bonds is 3. The van der Waals surface area contributed by atoms with Crippen molar-refractivity contribution in [1.29, 1.82) is 0 Å². The number of hydrogen-bond donors (Lipinski definition) is 1. The van der Waals surface area contributed by atoms with Gasteiger partial charge in [-0.2, -0.15) is 0 Å². The maximum absolute atomic E-state index is 5.64. The summed E-state index contributed by atoms with van der Waals surface area (Å²) in [4.78, 5) is 1.22. The van der Waals surface area contributed by atoms with Crippen LogP contribution in [-0.4, -0.2) is 5.75 Å². The Hall–Kier alpha value is -0.590. The summed E-state index contributed by atoms with van der Waals surface area (Å²) < 4.78 is 1.06. The highest BCUT2D eigenvalue weighted by Crippen LogP contribution is 2.29. The van der Waals surface area contributed by atoms with E-state index in [4.69, 9.17) is 5.73 Å². The fraction of sp³-hybridized carbons (Fsp3) is 0.273. The van der Waals surface area contributed by atoms with Gasteiger partial charge < -0.3 is 5.73 Å². The fourth-order valence-corrected chi connectivity index (χ4v) is 2.50. The average molecular weight is 270 g/mol. The third-order valence-electron chi connectivity index (χ3n) is 1.62. The zero-order valence-electron chi connectivity index (χ0n) is 8.01. The Bertz CT molecular complexity index is 365. The highest BCUT2D eigenvalue weighted by Gasteiger charge is 1.99. The van der Waals surface area contributed by atoms with Crippen LogP contribution in [0.15, 0.2) is 27.6 Å². The van der Waals surface area contributed by atoms with Crippen LogP contribution in [0.1, 0.15) is 13.3 Å². The van der Waals surface area contributed by atoms with Crippen molar-refractivity contribution in [2.24, 2.45) is 0 Å². The third kappa shape index (κ3) is 3.65. The van der Waals surface area contributed by atoms with E-state index in [1.165, 1.54) is 4.90 Å². The summed E-state index contributed by atoms with van der Waals surface area (Å²) in [5, 5.41) is 0. The maximum Gasteiger partial charge on any atom is 0.0331 e. The zero-order valence-corrected chi connectivity index (χ0v) is 10.4. The van der Waals surface area contributed by atoms with Gasteiger partial charge in [0, 0.05) is 27.2 Å². The molecular formula is C11H12BrNS. The summed E-state index contributed by atoms with van der Waals surface area (Å²) in [6, 6.07) is 5.87. The van der Waals surface area contributed by atoms with Gasteiger partial charge in [-0.1, -0.05) is 0 Å². The monoisotopic (exact) mass is 269 g/mol. The smallest absolute Gasteiger partial charge is 0.0331 e. The van der Waals surface area contributed by atoms with Gasteiger partial charge in [0.2, 0.25) is 0 Å². The second-order valence-corrected chi connectivity index (χ2v) is 4.71. The van der Waals surface area contributed by atoms with Gasteiger partial charge in [-0.05, 0) is 41.1 Å². The van der Waals surface area contributed by atoms with Gasteiger partial charge in [0.1, 0.15) is 0 Å². The first-order chi connectivity index (χ1) is 6.74. The molecule has 1 aromatic rings. The molecule has 0 heterocycles. The zero-order chi connectivity index (χ0) is 10.4. The summed E-state index contributed by atoms with van der Waals surface area (Å²) in [5.74, 6) is 6.94. The molecule has 0 aliphatic carbocycles. The standard InChI is InChI=1S/C11H12BrNS/c1-2-3-4-7-14-11-6-5-9(13)8-10(11)12/h5-6,8H,4,7,13H2,1H3. The van der Waals surface area contributed by atoms with E-state index in [9.17, 15) is 0 Å². The molecule has 1 rings (SSSR count). The van der Waals surface area contributed by atoms with Gasteiger partial charge >= 0.3 is 0 Å². The van der Waals surface area contributed by atoms with E-state index in [2.05, 4.69) is 27.8 Å². The van der Waals surface area contributed by atoms with Crippen molar-refractivity contribution in [3.8, 4) is 11.8 Å². The third-order valence-corrected chi connectivity index (χ3v) is 3.61. The van der Waals surface area contributed by atoms with Crippen LogP contribution in [-0.2, 0) is 0 Å². The number of nitrogens with two attached hydrogens (primary N) is 1. The van der Waals surface area contributed by atoms with E-state index in [0.717, 1.165) is 22.3 Å². The molecule has 0 fully saturated rings. The summed E-state index contributed by atoms with van der Waals surface area (Å²) in [6.07, 6.45) is 0.929. The molecule has 0 saturated carbocycles. The van der Waals surface area contributed by atoms with Gasteiger partial charge in [-0.25, -0.2) is 0 Å². The summed E-state index contributed by atoms with van der Waals surface area (Å²) >= 11 is 5.27. The van der Waals surface area contributed by atoms with Gasteiger partial charge in [-0.3, -0.25) is 0 Å². The average Bonchev–Trinajstić information content (AvgIpc) is 2.15. The molecule has 0 saturated heterocycles. The minimum atomic E-state index is 0.787. The molecule has 0 spiro atoms. The molecule has 0 aliphatic rings. The fourth-order valence-electron chi connectivity index (χ4n) is 0.971. The lowest BCUT2D eigenvalue weighted by Gasteiger charge is -2.03. The topological polar surface area (TPSA) is 26.0 Å². The molecule has 2 N–H and O–H groups in total. The number of thioether (sulfide) groups is 1. The Morgan fingerprint density at radius 1 is 1.50 bits per heavy atom. The Morgan fingerprint density at radius 2 is 2.29 bits per heavy atom. The SMILES string of the molecule is CC#CCCSc1ccc(N)cc1Br. The Kier molecular flexibility index (Phi) is 4.92. The predicted molar refractivity (Wildman–Crippen MR) is 67.3 cm³/mol. The van der Waals surface area contributed by atoms with E-state index in [-0.39, 0.29) is 0 Å². The molecule has 3 heteroatoms. The molecular weight excluding hydrogens is 258 g/mol. The lowest BCUT2D eigenvalue weighted by Crippen LogP contribution is -1.85. The van der Waals surface area contributed by atoms with Crippen LogP contribution in [0.25, 0.3) is 0 Å². The second kappa shape index (κ2) is 6.00. The van der Waals surface area contributed by atoms with Crippen molar-refractivity contribution >= 4 is 33.4 Å². The van der Waals surface area contributed by atoms with Crippen LogP contribution in [0.4, 0.5) is 5.69 Å². The molecule has 0 amide bonds. The minimum absolute atomic E-state index is 0.787. The molecule has 0 aliphatic heterocycles. The first-order valence-electron chi connectivity index (χ1n) is 4.31. The van der Waals surface area contributed by atoms with Crippen molar-refractivity contribution in [3.63, 3.8) is 0 Å². The Balaban J connectivity index is 2.53. The van der Waals surface area contributed by atoms with Crippen molar-refractivity contribution in [2.75, 3.05) is 11.5 Å². The lowest BCUT2D eigenvalue weighted by molar-refractivity contribution is 1.28. The first kappa shape index (κ1) is 11.5.